The lowest BCUT2D eigenvalue weighted by Crippen LogP contribution is -2.10. The van der Waals surface area contributed by atoms with Gasteiger partial charge in [0.05, 0.1) is 12.1 Å². The molecule has 1 N–H and O–H groups in total. The number of benzene rings is 1. The fourth-order valence-electron chi connectivity index (χ4n) is 3.87. The van der Waals surface area contributed by atoms with Crippen LogP contribution in [0.5, 0.6) is 5.75 Å². The Morgan fingerprint density at radius 2 is 2.13 bits per heavy atom. The molecule has 0 spiro atoms. The number of fused-ring (bicyclic) bond motifs is 2. The van der Waals surface area contributed by atoms with Crippen LogP contribution < -0.4 is 10.1 Å². The molecule has 0 aliphatic carbocycles. The fraction of sp³-hybridized carbons (Fsp3) is 0.182. The molecule has 7 nitrogen and oxygen atoms in total. The maximum Gasteiger partial charge on any atom is 0.209 e. The molecule has 0 atom stereocenters. The van der Waals surface area contributed by atoms with Crippen LogP contribution in [0, 0.1) is 24.1 Å². The van der Waals surface area contributed by atoms with E-state index in [1.165, 1.54) is 6.07 Å². The number of nitrogens with one attached hydrogen (secondary N) is 1. The lowest BCUT2D eigenvalue weighted by molar-refractivity contribution is 0.356. The molecule has 0 bridgehead atoms. The van der Waals surface area contributed by atoms with Crippen LogP contribution in [0.3, 0.4) is 0 Å². The first-order chi connectivity index (χ1) is 14.7. The Balaban J connectivity index is 1.57. The van der Waals surface area contributed by atoms with E-state index >= 15 is 0 Å². The van der Waals surface area contributed by atoms with Gasteiger partial charge in [0, 0.05) is 53.3 Å². The summed E-state index contributed by atoms with van der Waals surface area (Å²) in [6, 6.07) is 9.00. The van der Waals surface area contributed by atoms with E-state index < -0.39 is 0 Å². The van der Waals surface area contributed by atoms with Gasteiger partial charge in [-0.1, -0.05) is 6.07 Å². The molecule has 4 heterocycles. The van der Waals surface area contributed by atoms with Gasteiger partial charge in [0.25, 0.3) is 0 Å². The third kappa shape index (κ3) is 2.83. The number of rotatable bonds is 4. The second kappa shape index (κ2) is 7.12. The normalized spacial score (nSPS) is 12.4. The van der Waals surface area contributed by atoms with E-state index in [1.807, 2.05) is 19.1 Å². The third-order valence-corrected chi connectivity index (χ3v) is 5.33. The molecule has 4 aromatic rings. The zero-order valence-electron chi connectivity index (χ0n) is 16.2. The summed E-state index contributed by atoms with van der Waals surface area (Å²) in [6.45, 7) is 2.70. The maximum atomic E-state index is 14.5. The van der Waals surface area contributed by atoms with Gasteiger partial charge in [0.2, 0.25) is 5.95 Å². The molecule has 1 aliphatic rings. The molecular formula is C22H17FN6O. The molecule has 0 radical (unpaired) electrons. The van der Waals surface area contributed by atoms with Crippen molar-refractivity contribution in [1.82, 2.24) is 19.4 Å². The van der Waals surface area contributed by atoms with Gasteiger partial charge in [-0.2, -0.15) is 5.26 Å². The van der Waals surface area contributed by atoms with Crippen LogP contribution in [0.1, 0.15) is 22.5 Å². The topological polar surface area (TPSA) is 88.1 Å². The van der Waals surface area contributed by atoms with E-state index in [2.05, 4.69) is 26.3 Å². The Labute approximate surface area is 171 Å². The Hall–Kier alpha value is -3.99. The standard InChI is InChI=1S/C22H17FN6O/c1-13-14(3-2-7-25-13)17-11-27-22(29-12-28-19(9-24)21(17)29)26-10-16-15-6-8-30-20(15)5-4-18(16)23/h2-5,7,11-12H,6,8,10H2,1H3,(H,26,27). The molecule has 30 heavy (non-hydrogen) atoms. The summed E-state index contributed by atoms with van der Waals surface area (Å²) in [4.78, 5) is 13.1. The van der Waals surface area contributed by atoms with Crippen LogP contribution in [0.2, 0.25) is 0 Å². The number of anilines is 1. The van der Waals surface area contributed by atoms with Gasteiger partial charge in [-0.25, -0.2) is 14.4 Å². The minimum absolute atomic E-state index is 0.242. The summed E-state index contributed by atoms with van der Waals surface area (Å²) in [6.07, 6.45) is 5.64. The van der Waals surface area contributed by atoms with E-state index in [4.69, 9.17) is 4.74 Å². The highest BCUT2D eigenvalue weighted by Gasteiger charge is 2.21. The van der Waals surface area contributed by atoms with Crippen molar-refractivity contribution >= 4 is 11.5 Å². The minimum atomic E-state index is -0.283. The second-order valence-corrected chi connectivity index (χ2v) is 7.01. The molecule has 0 amide bonds. The summed E-state index contributed by atoms with van der Waals surface area (Å²) in [7, 11) is 0. The lowest BCUT2D eigenvalue weighted by atomic mass is 10.0. The lowest BCUT2D eigenvalue weighted by Gasteiger charge is -2.14. The summed E-state index contributed by atoms with van der Waals surface area (Å²) < 4.78 is 21.7. The Kier molecular flexibility index (Phi) is 4.29. The van der Waals surface area contributed by atoms with Crippen LogP contribution in [-0.4, -0.2) is 26.0 Å². The summed E-state index contributed by atoms with van der Waals surface area (Å²) >= 11 is 0. The molecule has 0 unspecified atom stereocenters. The number of nitriles is 1. The zero-order valence-corrected chi connectivity index (χ0v) is 16.2. The number of pyridine rings is 1. The summed E-state index contributed by atoms with van der Waals surface area (Å²) in [5, 5.41) is 12.8. The average molecular weight is 400 g/mol. The second-order valence-electron chi connectivity index (χ2n) is 7.01. The van der Waals surface area contributed by atoms with Crippen molar-refractivity contribution in [2.45, 2.75) is 19.9 Å². The highest BCUT2D eigenvalue weighted by Crippen LogP contribution is 2.32. The molecule has 8 heteroatoms. The summed E-state index contributed by atoms with van der Waals surface area (Å²) in [5.74, 6) is 0.914. The van der Waals surface area contributed by atoms with Crippen LogP contribution >= 0.6 is 0 Å². The van der Waals surface area contributed by atoms with E-state index in [1.54, 1.807) is 29.2 Å². The number of ether oxygens (including phenoxy) is 1. The monoisotopic (exact) mass is 400 g/mol. The highest BCUT2D eigenvalue weighted by atomic mass is 19.1. The molecule has 148 valence electrons. The molecule has 0 fully saturated rings. The van der Waals surface area contributed by atoms with Crippen molar-refractivity contribution in [3.63, 3.8) is 0 Å². The number of aromatic nitrogens is 4. The first-order valence-electron chi connectivity index (χ1n) is 9.52. The van der Waals surface area contributed by atoms with Gasteiger partial charge in [0.1, 0.15) is 24.0 Å². The molecule has 1 aliphatic heterocycles. The van der Waals surface area contributed by atoms with Gasteiger partial charge >= 0.3 is 0 Å². The van der Waals surface area contributed by atoms with E-state index in [0.717, 1.165) is 28.1 Å². The van der Waals surface area contributed by atoms with Crippen molar-refractivity contribution in [1.29, 1.82) is 5.26 Å². The average Bonchev–Trinajstić information content (AvgIpc) is 3.41. The molecule has 3 aromatic heterocycles. The maximum absolute atomic E-state index is 14.5. The number of nitrogens with zero attached hydrogens (tertiary/aromatic N) is 5. The quantitative estimate of drug-likeness (QED) is 0.563. The molecule has 0 saturated heterocycles. The zero-order chi connectivity index (χ0) is 20.7. The minimum Gasteiger partial charge on any atom is -0.493 e. The Morgan fingerprint density at radius 3 is 2.97 bits per heavy atom. The fourth-order valence-corrected chi connectivity index (χ4v) is 3.87. The number of hydrogen-bond donors (Lipinski definition) is 1. The van der Waals surface area contributed by atoms with Crippen molar-refractivity contribution in [3.05, 3.63) is 71.3 Å². The summed E-state index contributed by atoms with van der Waals surface area (Å²) in [5.41, 5.74) is 4.83. The largest absolute Gasteiger partial charge is 0.493 e. The van der Waals surface area contributed by atoms with Gasteiger partial charge in [0.15, 0.2) is 5.69 Å². The van der Waals surface area contributed by atoms with E-state index in [-0.39, 0.29) is 12.4 Å². The first kappa shape index (κ1) is 18.1. The molecular weight excluding hydrogens is 383 g/mol. The van der Waals surface area contributed by atoms with E-state index in [0.29, 0.717) is 35.8 Å². The number of aryl methyl sites for hydroxylation is 1. The predicted molar refractivity (Wildman–Crippen MR) is 109 cm³/mol. The number of imidazole rings is 1. The number of halogens is 1. The Bertz CT molecular complexity index is 1320. The van der Waals surface area contributed by atoms with Gasteiger partial charge in [-0.15, -0.1) is 0 Å². The molecule has 0 saturated carbocycles. The van der Waals surface area contributed by atoms with Crippen LogP contribution in [0.25, 0.3) is 16.6 Å². The van der Waals surface area contributed by atoms with Crippen molar-refractivity contribution in [3.8, 4) is 22.9 Å². The van der Waals surface area contributed by atoms with Crippen LogP contribution in [0.4, 0.5) is 10.3 Å². The Morgan fingerprint density at radius 1 is 1.23 bits per heavy atom. The van der Waals surface area contributed by atoms with Gasteiger partial charge < -0.3 is 10.1 Å². The SMILES string of the molecule is Cc1ncccc1-c1cnc(NCc2c(F)ccc3c2CCO3)n2cnc(C#N)c12. The first-order valence-corrected chi connectivity index (χ1v) is 9.52. The smallest absolute Gasteiger partial charge is 0.209 e. The van der Waals surface area contributed by atoms with Crippen molar-refractivity contribution in [2.24, 2.45) is 0 Å². The predicted octanol–water partition coefficient (Wildman–Crippen LogP) is 3.66. The van der Waals surface area contributed by atoms with Gasteiger partial charge in [-0.3, -0.25) is 9.38 Å². The third-order valence-electron chi connectivity index (χ3n) is 5.33. The van der Waals surface area contributed by atoms with Crippen LogP contribution in [-0.2, 0) is 13.0 Å². The van der Waals surface area contributed by atoms with Crippen LogP contribution in [0.15, 0.2) is 43.0 Å². The molecule has 1 aromatic carbocycles. The highest BCUT2D eigenvalue weighted by molar-refractivity contribution is 5.85. The van der Waals surface area contributed by atoms with E-state index in [9.17, 15) is 9.65 Å². The molecule has 5 rings (SSSR count). The number of hydrogen-bond acceptors (Lipinski definition) is 6. The van der Waals surface area contributed by atoms with Gasteiger partial charge in [-0.05, 0) is 25.1 Å². The van der Waals surface area contributed by atoms with Crippen molar-refractivity contribution < 1.29 is 9.13 Å². The van der Waals surface area contributed by atoms with Crippen molar-refractivity contribution in [2.75, 3.05) is 11.9 Å².